The first kappa shape index (κ1) is 10.1. The zero-order valence-corrected chi connectivity index (χ0v) is 9.17. The van der Waals surface area contributed by atoms with E-state index in [1.54, 1.807) is 11.3 Å². The van der Waals surface area contributed by atoms with Crippen LogP contribution in [0.1, 0.15) is 10.9 Å². The predicted octanol–water partition coefficient (Wildman–Crippen LogP) is 1.08. The van der Waals surface area contributed by atoms with Crippen molar-refractivity contribution >= 4 is 11.3 Å². The molecule has 2 N–H and O–H groups in total. The van der Waals surface area contributed by atoms with Gasteiger partial charge < -0.3 is 10.5 Å². The van der Waals surface area contributed by atoms with Gasteiger partial charge in [-0.2, -0.15) is 0 Å². The molecule has 2 heterocycles. The van der Waals surface area contributed by atoms with Crippen LogP contribution in [0.4, 0.5) is 0 Å². The number of ether oxygens (including phenoxy) is 1. The number of rotatable bonds is 2. The minimum absolute atomic E-state index is 0.146. The summed E-state index contributed by atoms with van der Waals surface area (Å²) in [6, 6.07) is 4.58. The lowest BCUT2D eigenvalue weighted by Gasteiger charge is -2.38. The second kappa shape index (κ2) is 4.40. The van der Waals surface area contributed by atoms with Gasteiger partial charge in [-0.15, -0.1) is 11.3 Å². The van der Waals surface area contributed by atoms with Gasteiger partial charge >= 0.3 is 0 Å². The molecular formula is C10H16N2OS. The van der Waals surface area contributed by atoms with Crippen LogP contribution in [-0.2, 0) is 4.74 Å². The highest BCUT2D eigenvalue weighted by Crippen LogP contribution is 2.30. The fourth-order valence-corrected chi connectivity index (χ4v) is 2.86. The lowest BCUT2D eigenvalue weighted by molar-refractivity contribution is -0.0564. The number of morpholine rings is 1. The molecule has 0 radical (unpaired) electrons. The van der Waals surface area contributed by atoms with E-state index < -0.39 is 0 Å². The molecule has 1 aliphatic heterocycles. The van der Waals surface area contributed by atoms with Gasteiger partial charge in [-0.3, -0.25) is 4.90 Å². The van der Waals surface area contributed by atoms with Crippen molar-refractivity contribution in [3.63, 3.8) is 0 Å². The van der Waals surface area contributed by atoms with Gasteiger partial charge in [0.2, 0.25) is 0 Å². The Hall–Kier alpha value is -0.420. The minimum atomic E-state index is 0.146. The molecule has 2 rings (SSSR count). The van der Waals surface area contributed by atoms with E-state index in [1.165, 1.54) is 4.88 Å². The number of thiophene rings is 1. The van der Waals surface area contributed by atoms with Gasteiger partial charge in [0.25, 0.3) is 0 Å². The van der Waals surface area contributed by atoms with E-state index in [9.17, 15) is 0 Å². The fourth-order valence-electron chi connectivity index (χ4n) is 1.92. The third-order valence-electron chi connectivity index (χ3n) is 2.67. The van der Waals surface area contributed by atoms with Crippen LogP contribution in [0.3, 0.4) is 0 Å². The molecule has 1 fully saturated rings. The molecule has 2 atom stereocenters. The lowest BCUT2D eigenvalue weighted by Crippen LogP contribution is -2.46. The first-order chi connectivity index (χ1) is 6.83. The highest BCUT2D eigenvalue weighted by molar-refractivity contribution is 7.10. The summed E-state index contributed by atoms with van der Waals surface area (Å²) in [6.07, 6.45) is 0.146. The molecule has 1 aliphatic rings. The summed E-state index contributed by atoms with van der Waals surface area (Å²) < 4.78 is 5.67. The zero-order valence-electron chi connectivity index (χ0n) is 8.35. The molecule has 4 heteroatoms. The van der Waals surface area contributed by atoms with Gasteiger partial charge in [0.15, 0.2) is 0 Å². The number of likely N-dealkylation sites (N-methyl/N-ethyl adjacent to an activating group) is 1. The zero-order chi connectivity index (χ0) is 9.97. The molecular weight excluding hydrogens is 196 g/mol. The maximum absolute atomic E-state index is 5.71. The first-order valence-electron chi connectivity index (χ1n) is 4.88. The Balaban J connectivity index is 2.19. The number of hydrogen-bond donors (Lipinski definition) is 1. The summed E-state index contributed by atoms with van der Waals surface area (Å²) in [5.41, 5.74) is 5.71. The average molecular weight is 212 g/mol. The third-order valence-corrected chi connectivity index (χ3v) is 3.61. The second-order valence-corrected chi connectivity index (χ2v) is 4.57. The van der Waals surface area contributed by atoms with Crippen LogP contribution in [0, 0.1) is 0 Å². The Bertz CT molecular complexity index is 276. The van der Waals surface area contributed by atoms with Crippen molar-refractivity contribution in [1.82, 2.24) is 4.90 Å². The fraction of sp³-hybridized carbons (Fsp3) is 0.600. The Morgan fingerprint density at radius 3 is 3.21 bits per heavy atom. The van der Waals surface area contributed by atoms with Crippen molar-refractivity contribution in [3.05, 3.63) is 22.4 Å². The SMILES string of the molecule is CN1CCOC(CN)C1c1cccs1. The van der Waals surface area contributed by atoms with Crippen LogP contribution >= 0.6 is 11.3 Å². The van der Waals surface area contributed by atoms with Crippen LogP contribution in [0.5, 0.6) is 0 Å². The van der Waals surface area contributed by atoms with Crippen LogP contribution in [0.25, 0.3) is 0 Å². The third kappa shape index (κ3) is 1.83. The molecule has 1 aromatic heterocycles. The number of nitrogens with two attached hydrogens (primary N) is 1. The van der Waals surface area contributed by atoms with Crippen LogP contribution in [0.2, 0.25) is 0 Å². The quantitative estimate of drug-likeness (QED) is 0.797. The molecule has 0 spiro atoms. The topological polar surface area (TPSA) is 38.5 Å². The van der Waals surface area contributed by atoms with Gasteiger partial charge in [-0.05, 0) is 18.5 Å². The van der Waals surface area contributed by atoms with Gasteiger partial charge in [0.1, 0.15) is 0 Å². The largest absolute Gasteiger partial charge is 0.374 e. The summed E-state index contributed by atoms with van der Waals surface area (Å²) in [7, 11) is 2.13. The van der Waals surface area contributed by atoms with Crippen molar-refractivity contribution in [3.8, 4) is 0 Å². The second-order valence-electron chi connectivity index (χ2n) is 3.59. The lowest BCUT2D eigenvalue weighted by atomic mass is 10.1. The van der Waals surface area contributed by atoms with Crippen molar-refractivity contribution in [2.24, 2.45) is 5.73 Å². The van der Waals surface area contributed by atoms with Gasteiger partial charge in [-0.1, -0.05) is 6.07 Å². The first-order valence-corrected chi connectivity index (χ1v) is 5.76. The molecule has 0 aliphatic carbocycles. The molecule has 14 heavy (non-hydrogen) atoms. The smallest absolute Gasteiger partial charge is 0.0902 e. The Labute approximate surface area is 88.5 Å². The summed E-state index contributed by atoms with van der Waals surface area (Å²) >= 11 is 1.78. The van der Waals surface area contributed by atoms with Crippen molar-refractivity contribution < 1.29 is 4.74 Å². The maximum Gasteiger partial charge on any atom is 0.0902 e. The number of hydrogen-bond acceptors (Lipinski definition) is 4. The summed E-state index contributed by atoms with van der Waals surface area (Å²) in [5, 5.41) is 2.10. The monoisotopic (exact) mass is 212 g/mol. The van der Waals surface area contributed by atoms with E-state index in [0.29, 0.717) is 12.6 Å². The minimum Gasteiger partial charge on any atom is -0.374 e. The molecule has 2 unspecified atom stereocenters. The van der Waals surface area contributed by atoms with Gasteiger partial charge in [-0.25, -0.2) is 0 Å². The Morgan fingerprint density at radius 1 is 1.71 bits per heavy atom. The number of nitrogens with zero attached hydrogens (tertiary/aromatic N) is 1. The van der Waals surface area contributed by atoms with E-state index >= 15 is 0 Å². The van der Waals surface area contributed by atoms with E-state index in [4.69, 9.17) is 10.5 Å². The van der Waals surface area contributed by atoms with Gasteiger partial charge in [0.05, 0.1) is 18.8 Å². The molecule has 0 bridgehead atoms. The molecule has 1 aromatic rings. The van der Waals surface area contributed by atoms with E-state index in [0.717, 1.165) is 13.2 Å². The van der Waals surface area contributed by atoms with Crippen molar-refractivity contribution in [2.45, 2.75) is 12.1 Å². The summed E-state index contributed by atoms with van der Waals surface area (Å²) in [5.74, 6) is 0. The molecule has 0 aromatic carbocycles. The molecule has 0 amide bonds. The van der Waals surface area contributed by atoms with Crippen LogP contribution in [0.15, 0.2) is 17.5 Å². The predicted molar refractivity (Wildman–Crippen MR) is 58.5 cm³/mol. The highest BCUT2D eigenvalue weighted by Gasteiger charge is 2.30. The summed E-state index contributed by atoms with van der Waals surface area (Å²) in [4.78, 5) is 3.68. The molecule has 1 saturated heterocycles. The maximum atomic E-state index is 5.71. The normalized spacial score (nSPS) is 29.3. The Kier molecular flexibility index (Phi) is 3.18. The summed E-state index contributed by atoms with van der Waals surface area (Å²) in [6.45, 7) is 2.37. The van der Waals surface area contributed by atoms with E-state index in [1.807, 2.05) is 0 Å². The van der Waals surface area contributed by atoms with Crippen LogP contribution < -0.4 is 5.73 Å². The van der Waals surface area contributed by atoms with Crippen molar-refractivity contribution in [2.75, 3.05) is 26.7 Å². The average Bonchev–Trinajstić information content (AvgIpc) is 2.70. The van der Waals surface area contributed by atoms with E-state index in [-0.39, 0.29) is 6.10 Å². The molecule has 3 nitrogen and oxygen atoms in total. The van der Waals surface area contributed by atoms with Crippen LogP contribution in [-0.4, -0.2) is 37.7 Å². The Morgan fingerprint density at radius 2 is 2.57 bits per heavy atom. The standard InChI is InChI=1S/C10H16N2OS/c1-12-4-5-13-8(7-11)10(12)9-3-2-6-14-9/h2-3,6,8,10H,4-5,7,11H2,1H3. The molecule has 78 valence electrons. The van der Waals surface area contributed by atoms with Crippen molar-refractivity contribution in [1.29, 1.82) is 0 Å². The van der Waals surface area contributed by atoms with E-state index in [2.05, 4.69) is 29.5 Å². The molecule has 0 saturated carbocycles. The van der Waals surface area contributed by atoms with Gasteiger partial charge in [0, 0.05) is 18.0 Å². The highest BCUT2D eigenvalue weighted by atomic mass is 32.1.